The molecule has 1 unspecified atom stereocenters. The zero-order chi connectivity index (χ0) is 16.0. The van der Waals surface area contributed by atoms with Crippen molar-refractivity contribution in [3.05, 3.63) is 29.8 Å². The molecule has 0 aliphatic heterocycles. The number of nitrogens with zero attached hydrogens (tertiary/aromatic N) is 1. The monoisotopic (exact) mass is 305 g/mol. The van der Waals surface area contributed by atoms with Gasteiger partial charge >= 0.3 is 12.3 Å². The lowest BCUT2D eigenvalue weighted by molar-refractivity contribution is -0.274. The lowest BCUT2D eigenvalue weighted by Crippen LogP contribution is -2.29. The summed E-state index contributed by atoms with van der Waals surface area (Å²) >= 11 is 0. The number of benzene rings is 1. The number of methoxy groups -OCH3 is 1. The molecule has 4 nitrogen and oxygen atoms in total. The van der Waals surface area contributed by atoms with E-state index in [0.29, 0.717) is 13.1 Å². The van der Waals surface area contributed by atoms with Crippen LogP contribution in [0.5, 0.6) is 5.75 Å². The fourth-order valence-electron chi connectivity index (χ4n) is 1.92. The second-order valence-electron chi connectivity index (χ2n) is 4.81. The van der Waals surface area contributed by atoms with Crippen molar-refractivity contribution in [2.45, 2.75) is 19.8 Å². The fourth-order valence-corrected chi connectivity index (χ4v) is 1.92. The van der Waals surface area contributed by atoms with Crippen molar-refractivity contribution < 1.29 is 27.4 Å². The Morgan fingerprint density at radius 3 is 2.33 bits per heavy atom. The number of ether oxygens (including phenoxy) is 2. The lowest BCUT2D eigenvalue weighted by atomic mass is 10.1. The van der Waals surface area contributed by atoms with Crippen LogP contribution in [0.15, 0.2) is 24.3 Å². The molecule has 1 atom stereocenters. The van der Waals surface area contributed by atoms with E-state index in [1.807, 2.05) is 11.9 Å². The summed E-state index contributed by atoms with van der Waals surface area (Å²) in [7, 11) is 3.15. The second-order valence-corrected chi connectivity index (χ2v) is 4.81. The molecule has 0 saturated carbocycles. The maximum atomic E-state index is 12.0. The Bertz CT molecular complexity index is 460. The molecule has 0 spiro atoms. The summed E-state index contributed by atoms with van der Waals surface area (Å²) in [6, 6.07) is 5.64. The highest BCUT2D eigenvalue weighted by molar-refractivity contribution is 5.72. The van der Waals surface area contributed by atoms with Gasteiger partial charge in [0.1, 0.15) is 5.75 Å². The molecule has 1 aromatic carbocycles. The lowest BCUT2D eigenvalue weighted by Gasteiger charge is -2.20. The molecule has 0 radical (unpaired) electrons. The number of esters is 1. The van der Waals surface area contributed by atoms with Crippen LogP contribution in [0, 0.1) is 5.92 Å². The normalized spacial score (nSPS) is 13.1. The first-order chi connectivity index (χ1) is 9.71. The molecule has 1 aromatic rings. The fraction of sp³-hybridized carbons (Fsp3) is 0.500. The number of hydrogen-bond acceptors (Lipinski definition) is 4. The van der Waals surface area contributed by atoms with Gasteiger partial charge in [-0.05, 0) is 24.7 Å². The first-order valence-electron chi connectivity index (χ1n) is 6.32. The summed E-state index contributed by atoms with van der Waals surface area (Å²) in [5.74, 6) is -0.819. The summed E-state index contributed by atoms with van der Waals surface area (Å²) in [5, 5.41) is 0. The highest BCUT2D eigenvalue weighted by Crippen LogP contribution is 2.23. The first-order valence-corrected chi connectivity index (χ1v) is 6.32. The van der Waals surface area contributed by atoms with Crippen LogP contribution in [-0.2, 0) is 16.1 Å². The predicted octanol–water partition coefficient (Wildman–Crippen LogP) is 2.83. The van der Waals surface area contributed by atoms with Crippen molar-refractivity contribution >= 4 is 5.97 Å². The van der Waals surface area contributed by atoms with Crippen LogP contribution in [0.3, 0.4) is 0 Å². The van der Waals surface area contributed by atoms with E-state index in [-0.39, 0.29) is 17.6 Å². The van der Waals surface area contributed by atoms with Crippen molar-refractivity contribution in [1.82, 2.24) is 4.90 Å². The Balaban J connectivity index is 2.53. The average Bonchev–Trinajstić information content (AvgIpc) is 2.38. The van der Waals surface area contributed by atoms with E-state index in [1.165, 1.54) is 19.2 Å². The summed E-state index contributed by atoms with van der Waals surface area (Å²) in [4.78, 5) is 13.2. The van der Waals surface area contributed by atoms with Gasteiger partial charge < -0.3 is 14.4 Å². The van der Waals surface area contributed by atoms with Crippen LogP contribution in [0.4, 0.5) is 13.2 Å². The van der Waals surface area contributed by atoms with Gasteiger partial charge in [0.15, 0.2) is 0 Å². The topological polar surface area (TPSA) is 38.8 Å². The Kier molecular flexibility index (Phi) is 6.02. The van der Waals surface area contributed by atoms with E-state index in [1.54, 1.807) is 19.1 Å². The minimum absolute atomic E-state index is 0.253. The Hall–Kier alpha value is -1.76. The average molecular weight is 305 g/mol. The molecule has 1 rings (SSSR count). The quantitative estimate of drug-likeness (QED) is 0.758. The summed E-state index contributed by atoms with van der Waals surface area (Å²) < 4.78 is 44.5. The number of halogens is 3. The SMILES string of the molecule is COC(=O)C(C)CN(C)Cc1ccc(OC(F)(F)F)cc1. The maximum absolute atomic E-state index is 12.0. The molecule has 0 aliphatic carbocycles. The number of alkyl halides is 3. The highest BCUT2D eigenvalue weighted by atomic mass is 19.4. The third-order valence-corrected chi connectivity index (χ3v) is 2.80. The highest BCUT2D eigenvalue weighted by Gasteiger charge is 2.30. The third-order valence-electron chi connectivity index (χ3n) is 2.80. The molecule has 0 aliphatic rings. The van der Waals surface area contributed by atoms with Crippen molar-refractivity contribution in [1.29, 1.82) is 0 Å². The molecule has 0 aromatic heterocycles. The van der Waals surface area contributed by atoms with Gasteiger partial charge in [-0.3, -0.25) is 4.79 Å². The number of rotatable bonds is 6. The molecule has 0 heterocycles. The first kappa shape index (κ1) is 17.3. The molecule has 21 heavy (non-hydrogen) atoms. The predicted molar refractivity (Wildman–Crippen MR) is 70.6 cm³/mol. The van der Waals surface area contributed by atoms with Gasteiger partial charge in [-0.15, -0.1) is 13.2 Å². The number of carbonyl (C=O) groups excluding carboxylic acids is 1. The van der Waals surface area contributed by atoms with Gasteiger partial charge in [-0.2, -0.15) is 0 Å². The van der Waals surface area contributed by atoms with Crippen LogP contribution < -0.4 is 4.74 Å². The van der Waals surface area contributed by atoms with Crippen LogP contribution in [-0.4, -0.2) is 37.9 Å². The van der Waals surface area contributed by atoms with E-state index in [0.717, 1.165) is 5.56 Å². The van der Waals surface area contributed by atoms with E-state index < -0.39 is 6.36 Å². The van der Waals surface area contributed by atoms with Gasteiger partial charge in [0, 0.05) is 13.1 Å². The molecule has 0 amide bonds. The van der Waals surface area contributed by atoms with E-state index in [2.05, 4.69) is 9.47 Å². The number of hydrogen-bond donors (Lipinski definition) is 0. The van der Waals surface area contributed by atoms with E-state index in [9.17, 15) is 18.0 Å². The second kappa shape index (κ2) is 7.31. The summed E-state index contributed by atoms with van der Waals surface area (Å²) in [6.07, 6.45) is -4.69. The standard InChI is InChI=1S/C14H18F3NO3/c1-10(13(19)20-3)8-18(2)9-11-4-6-12(7-5-11)21-14(15,16)17/h4-7,10H,8-9H2,1-3H3. The Morgan fingerprint density at radius 1 is 1.29 bits per heavy atom. The van der Waals surface area contributed by atoms with Gasteiger partial charge in [0.2, 0.25) is 0 Å². The van der Waals surface area contributed by atoms with Crippen LogP contribution >= 0.6 is 0 Å². The zero-order valence-electron chi connectivity index (χ0n) is 12.1. The van der Waals surface area contributed by atoms with Crippen molar-refractivity contribution in [3.63, 3.8) is 0 Å². The Labute approximate surface area is 121 Å². The molecule has 0 bridgehead atoms. The molecule has 118 valence electrons. The van der Waals surface area contributed by atoms with Crippen molar-refractivity contribution in [2.75, 3.05) is 20.7 Å². The van der Waals surface area contributed by atoms with Gasteiger partial charge in [0.05, 0.1) is 13.0 Å². The van der Waals surface area contributed by atoms with Crippen molar-refractivity contribution in [3.8, 4) is 5.75 Å². The van der Waals surface area contributed by atoms with Crippen LogP contribution in [0.1, 0.15) is 12.5 Å². The molecular formula is C14H18F3NO3. The van der Waals surface area contributed by atoms with Gasteiger partial charge in [-0.25, -0.2) is 0 Å². The zero-order valence-corrected chi connectivity index (χ0v) is 12.1. The van der Waals surface area contributed by atoms with E-state index >= 15 is 0 Å². The molecular weight excluding hydrogens is 287 g/mol. The largest absolute Gasteiger partial charge is 0.573 e. The van der Waals surface area contributed by atoms with E-state index in [4.69, 9.17) is 0 Å². The molecule has 0 saturated heterocycles. The van der Waals surface area contributed by atoms with Gasteiger partial charge in [0.25, 0.3) is 0 Å². The third kappa shape index (κ3) is 6.48. The minimum atomic E-state index is -4.69. The van der Waals surface area contributed by atoms with Gasteiger partial charge in [-0.1, -0.05) is 19.1 Å². The maximum Gasteiger partial charge on any atom is 0.573 e. The minimum Gasteiger partial charge on any atom is -0.469 e. The molecule has 0 fully saturated rings. The van der Waals surface area contributed by atoms with Crippen LogP contribution in [0.25, 0.3) is 0 Å². The number of carbonyl (C=O) groups is 1. The van der Waals surface area contributed by atoms with Crippen molar-refractivity contribution in [2.24, 2.45) is 5.92 Å². The summed E-state index contributed by atoms with van der Waals surface area (Å²) in [5.41, 5.74) is 0.823. The smallest absolute Gasteiger partial charge is 0.469 e. The molecule has 0 N–H and O–H groups in total. The summed E-state index contributed by atoms with van der Waals surface area (Å²) in [6.45, 7) is 2.75. The van der Waals surface area contributed by atoms with Crippen LogP contribution in [0.2, 0.25) is 0 Å². The molecule has 7 heteroatoms. The Morgan fingerprint density at radius 2 is 1.86 bits per heavy atom.